The van der Waals surface area contributed by atoms with E-state index in [0.717, 1.165) is 5.39 Å². The third-order valence-corrected chi connectivity index (χ3v) is 5.77. The number of benzene rings is 1. The molecule has 1 aliphatic rings. The van der Waals surface area contributed by atoms with Crippen LogP contribution in [-0.2, 0) is 14.8 Å². The highest BCUT2D eigenvalue weighted by molar-refractivity contribution is 7.88. The largest absolute Gasteiger partial charge is 0.497 e. The first kappa shape index (κ1) is 17.6. The van der Waals surface area contributed by atoms with Gasteiger partial charge in [-0.25, -0.2) is 12.7 Å². The number of sulfonamides is 1. The molecule has 2 heterocycles. The summed E-state index contributed by atoms with van der Waals surface area (Å²) in [6.45, 7) is 0.738. The number of carbonyl (C=O) groups excluding carboxylic acids is 1. The second kappa shape index (κ2) is 6.97. The van der Waals surface area contributed by atoms with Crippen LogP contribution in [0.3, 0.4) is 0 Å². The average molecular weight is 363 g/mol. The first-order valence-corrected chi connectivity index (χ1v) is 9.92. The van der Waals surface area contributed by atoms with Crippen LogP contribution in [-0.4, -0.2) is 50.1 Å². The molecule has 0 radical (unpaired) electrons. The fourth-order valence-corrected chi connectivity index (χ4v) is 3.94. The van der Waals surface area contributed by atoms with Gasteiger partial charge in [-0.1, -0.05) is 6.07 Å². The number of hydrogen-bond donors (Lipinski definition) is 1. The molecule has 1 N–H and O–H groups in total. The van der Waals surface area contributed by atoms with Crippen molar-refractivity contribution in [3.05, 3.63) is 30.5 Å². The topological polar surface area (TPSA) is 88.6 Å². The fraction of sp³-hybridized carbons (Fsp3) is 0.412. The Bertz CT molecular complexity index is 890. The molecule has 134 valence electrons. The molecule has 7 nitrogen and oxygen atoms in total. The van der Waals surface area contributed by atoms with Gasteiger partial charge in [0.2, 0.25) is 15.9 Å². The molecule has 1 aliphatic heterocycles. The molecule has 1 amide bonds. The van der Waals surface area contributed by atoms with Crippen molar-refractivity contribution in [1.82, 2.24) is 9.29 Å². The van der Waals surface area contributed by atoms with E-state index in [0.29, 0.717) is 42.9 Å². The number of amides is 1. The first-order chi connectivity index (χ1) is 11.9. The van der Waals surface area contributed by atoms with Crippen molar-refractivity contribution < 1.29 is 17.9 Å². The summed E-state index contributed by atoms with van der Waals surface area (Å²) < 4.78 is 29.9. The van der Waals surface area contributed by atoms with Crippen LogP contribution in [0.25, 0.3) is 10.9 Å². The van der Waals surface area contributed by atoms with Crippen LogP contribution in [0.5, 0.6) is 5.75 Å². The summed E-state index contributed by atoms with van der Waals surface area (Å²) in [5, 5.41) is 3.81. The minimum absolute atomic E-state index is 0.117. The molecule has 8 heteroatoms. The molecule has 0 aliphatic carbocycles. The Morgan fingerprint density at radius 3 is 2.68 bits per heavy atom. The lowest BCUT2D eigenvalue weighted by Crippen LogP contribution is -2.40. The molecule has 0 atom stereocenters. The quantitative estimate of drug-likeness (QED) is 0.896. The second-order valence-corrected chi connectivity index (χ2v) is 8.16. The van der Waals surface area contributed by atoms with Crippen LogP contribution in [0.1, 0.15) is 12.8 Å². The second-order valence-electron chi connectivity index (χ2n) is 6.18. The average Bonchev–Trinajstić information content (AvgIpc) is 2.61. The molecule has 25 heavy (non-hydrogen) atoms. The number of ether oxygens (including phenoxy) is 1. The third kappa shape index (κ3) is 3.91. The maximum Gasteiger partial charge on any atom is 0.227 e. The van der Waals surface area contributed by atoms with Crippen LogP contribution < -0.4 is 10.1 Å². The molecule has 1 saturated heterocycles. The van der Waals surface area contributed by atoms with Gasteiger partial charge in [0.1, 0.15) is 5.75 Å². The Balaban J connectivity index is 1.77. The smallest absolute Gasteiger partial charge is 0.227 e. The number of nitrogens with one attached hydrogen (secondary N) is 1. The highest BCUT2D eigenvalue weighted by Gasteiger charge is 2.29. The van der Waals surface area contributed by atoms with Gasteiger partial charge in [-0.15, -0.1) is 0 Å². The Kier molecular flexibility index (Phi) is 4.91. The van der Waals surface area contributed by atoms with Crippen LogP contribution in [0.15, 0.2) is 30.5 Å². The zero-order valence-electron chi connectivity index (χ0n) is 14.2. The normalized spacial score (nSPS) is 16.7. The monoisotopic (exact) mass is 363 g/mol. The number of carbonyl (C=O) groups is 1. The van der Waals surface area contributed by atoms with Crippen molar-refractivity contribution in [2.24, 2.45) is 5.92 Å². The molecular formula is C17H21N3O4S. The number of methoxy groups -OCH3 is 1. The van der Waals surface area contributed by atoms with Crippen LogP contribution in [0.2, 0.25) is 0 Å². The van der Waals surface area contributed by atoms with Crippen LogP contribution in [0, 0.1) is 5.92 Å². The van der Waals surface area contributed by atoms with Gasteiger partial charge in [0, 0.05) is 36.7 Å². The standard InChI is InChI=1S/C17H21N3O4S/c1-24-14-10-13-4-3-7-18-16(13)15(11-14)19-17(21)12-5-8-20(9-6-12)25(2,22)23/h3-4,7,10-12H,5-6,8-9H2,1-2H3,(H,19,21). The Morgan fingerprint density at radius 2 is 2.04 bits per heavy atom. The number of piperidine rings is 1. The summed E-state index contributed by atoms with van der Waals surface area (Å²) in [6.07, 6.45) is 3.89. The number of anilines is 1. The van der Waals surface area contributed by atoms with Crippen molar-refractivity contribution in [2.45, 2.75) is 12.8 Å². The molecule has 1 fully saturated rings. The predicted molar refractivity (Wildman–Crippen MR) is 96.1 cm³/mol. The van der Waals surface area contributed by atoms with Gasteiger partial charge in [0.15, 0.2) is 0 Å². The maximum atomic E-state index is 12.6. The fourth-order valence-electron chi connectivity index (χ4n) is 3.06. The van der Waals surface area contributed by atoms with Crippen molar-refractivity contribution in [2.75, 3.05) is 31.8 Å². The minimum Gasteiger partial charge on any atom is -0.497 e. The van der Waals surface area contributed by atoms with Crippen molar-refractivity contribution in [1.29, 1.82) is 0 Å². The maximum absolute atomic E-state index is 12.6. The zero-order chi connectivity index (χ0) is 18.0. The van der Waals surface area contributed by atoms with Gasteiger partial charge in [-0.2, -0.15) is 0 Å². The number of hydrogen-bond acceptors (Lipinski definition) is 5. The third-order valence-electron chi connectivity index (χ3n) is 4.47. The summed E-state index contributed by atoms with van der Waals surface area (Å²) >= 11 is 0. The number of fused-ring (bicyclic) bond motifs is 1. The van der Waals surface area contributed by atoms with Crippen molar-refractivity contribution in [3.8, 4) is 5.75 Å². The highest BCUT2D eigenvalue weighted by atomic mass is 32.2. The summed E-state index contributed by atoms with van der Waals surface area (Å²) in [7, 11) is -1.62. The lowest BCUT2D eigenvalue weighted by molar-refractivity contribution is -0.120. The van der Waals surface area contributed by atoms with Gasteiger partial charge >= 0.3 is 0 Å². The molecule has 0 unspecified atom stereocenters. The van der Waals surface area contributed by atoms with Gasteiger partial charge in [-0.05, 0) is 25.0 Å². The first-order valence-electron chi connectivity index (χ1n) is 8.07. The zero-order valence-corrected chi connectivity index (χ0v) is 15.0. The van der Waals surface area contributed by atoms with E-state index in [4.69, 9.17) is 4.74 Å². The molecule has 3 rings (SSSR count). The van der Waals surface area contributed by atoms with Crippen LogP contribution in [0.4, 0.5) is 5.69 Å². The number of nitrogens with zero attached hydrogens (tertiary/aromatic N) is 2. The van der Waals surface area contributed by atoms with Gasteiger partial charge in [-0.3, -0.25) is 9.78 Å². The number of pyridine rings is 1. The SMILES string of the molecule is COc1cc(NC(=O)C2CCN(S(C)(=O)=O)CC2)c2ncccc2c1. The van der Waals surface area contributed by atoms with E-state index in [2.05, 4.69) is 10.3 Å². The molecule has 1 aromatic carbocycles. The van der Waals surface area contributed by atoms with E-state index in [9.17, 15) is 13.2 Å². The Morgan fingerprint density at radius 1 is 1.32 bits per heavy atom. The molecule has 0 bridgehead atoms. The van der Waals surface area contributed by atoms with Gasteiger partial charge < -0.3 is 10.1 Å². The van der Waals surface area contributed by atoms with E-state index < -0.39 is 10.0 Å². The van der Waals surface area contributed by atoms with E-state index in [1.54, 1.807) is 19.4 Å². The molecule has 0 saturated carbocycles. The highest BCUT2D eigenvalue weighted by Crippen LogP contribution is 2.29. The summed E-state index contributed by atoms with van der Waals surface area (Å²) in [6, 6.07) is 7.35. The van der Waals surface area contributed by atoms with Gasteiger partial charge in [0.25, 0.3) is 0 Å². The van der Waals surface area contributed by atoms with Crippen molar-refractivity contribution in [3.63, 3.8) is 0 Å². The predicted octanol–water partition coefficient (Wildman–Crippen LogP) is 1.85. The number of rotatable bonds is 4. The Hall–Kier alpha value is -2.19. The van der Waals surface area contributed by atoms with E-state index in [-0.39, 0.29) is 11.8 Å². The minimum atomic E-state index is -3.20. The van der Waals surface area contributed by atoms with E-state index in [1.807, 2.05) is 18.2 Å². The number of aromatic nitrogens is 1. The molecular weight excluding hydrogens is 342 g/mol. The summed E-state index contributed by atoms with van der Waals surface area (Å²) in [5.74, 6) is 0.305. The van der Waals surface area contributed by atoms with Crippen LogP contribution >= 0.6 is 0 Å². The summed E-state index contributed by atoms with van der Waals surface area (Å²) in [5.41, 5.74) is 1.30. The Labute approximate surface area is 147 Å². The lowest BCUT2D eigenvalue weighted by Gasteiger charge is -2.29. The molecule has 1 aromatic heterocycles. The lowest BCUT2D eigenvalue weighted by atomic mass is 9.97. The molecule has 2 aromatic rings. The van der Waals surface area contributed by atoms with E-state index >= 15 is 0 Å². The van der Waals surface area contributed by atoms with Gasteiger partial charge in [0.05, 0.1) is 24.6 Å². The van der Waals surface area contributed by atoms with Crippen molar-refractivity contribution >= 4 is 32.5 Å². The summed E-state index contributed by atoms with van der Waals surface area (Å²) in [4.78, 5) is 17.0. The van der Waals surface area contributed by atoms with E-state index in [1.165, 1.54) is 10.6 Å². The molecule has 0 spiro atoms.